The lowest BCUT2D eigenvalue weighted by Gasteiger charge is -2.21. The lowest BCUT2D eigenvalue weighted by atomic mass is 9.82. The minimum absolute atomic E-state index is 0.0634. The van der Waals surface area contributed by atoms with E-state index in [1.165, 1.54) is 22.3 Å². The van der Waals surface area contributed by atoms with E-state index in [4.69, 9.17) is 19.4 Å². The van der Waals surface area contributed by atoms with Crippen molar-refractivity contribution < 1.29 is 4.42 Å². The Bertz CT molecular complexity index is 2420. The molecule has 6 aromatic carbocycles. The van der Waals surface area contributed by atoms with Crippen molar-refractivity contribution in [3.05, 3.63) is 139 Å². The Hall–Kier alpha value is -5.61. The molecule has 2 heterocycles. The largest absolute Gasteiger partial charge is 0.455 e. The van der Waals surface area contributed by atoms with Crippen LogP contribution < -0.4 is 0 Å². The van der Waals surface area contributed by atoms with E-state index in [9.17, 15) is 0 Å². The second-order valence-corrected chi connectivity index (χ2v) is 12.0. The topological polar surface area (TPSA) is 51.8 Å². The van der Waals surface area contributed by atoms with Gasteiger partial charge in [0.1, 0.15) is 11.2 Å². The monoisotopic (exact) mass is 565 g/mol. The van der Waals surface area contributed by atoms with Crippen LogP contribution in [-0.4, -0.2) is 15.0 Å². The fourth-order valence-electron chi connectivity index (χ4n) is 6.94. The molecule has 44 heavy (non-hydrogen) atoms. The SMILES string of the molecule is CC1(C)c2ccccc2-c2cc(-c3nc(-c4ccccc4)nc(-c4cccc5oc6c7ccccc7ccc6c45)n3)ccc21. The van der Waals surface area contributed by atoms with E-state index in [2.05, 4.69) is 98.8 Å². The highest BCUT2D eigenvalue weighted by Crippen LogP contribution is 2.49. The van der Waals surface area contributed by atoms with Gasteiger partial charge >= 0.3 is 0 Å². The first-order chi connectivity index (χ1) is 21.6. The number of furan rings is 1. The third-order valence-electron chi connectivity index (χ3n) is 9.14. The molecule has 1 aliphatic rings. The first-order valence-electron chi connectivity index (χ1n) is 15.0. The smallest absolute Gasteiger partial charge is 0.164 e. The number of hydrogen-bond donors (Lipinski definition) is 0. The van der Waals surface area contributed by atoms with Gasteiger partial charge in [-0.05, 0) is 45.8 Å². The normalized spacial score (nSPS) is 13.4. The first-order valence-corrected chi connectivity index (χ1v) is 15.0. The Kier molecular flexibility index (Phi) is 5.21. The van der Waals surface area contributed by atoms with Crippen molar-refractivity contribution in [2.45, 2.75) is 19.3 Å². The van der Waals surface area contributed by atoms with Crippen molar-refractivity contribution in [3.63, 3.8) is 0 Å². The first kappa shape index (κ1) is 24.9. The zero-order valence-corrected chi connectivity index (χ0v) is 24.4. The van der Waals surface area contributed by atoms with Gasteiger partial charge in [-0.1, -0.05) is 123 Å². The number of fused-ring (bicyclic) bond motifs is 8. The minimum Gasteiger partial charge on any atom is -0.455 e. The predicted octanol–water partition coefficient (Wildman–Crippen LogP) is 10.2. The maximum atomic E-state index is 6.49. The maximum absolute atomic E-state index is 6.49. The van der Waals surface area contributed by atoms with Gasteiger partial charge in [-0.15, -0.1) is 0 Å². The standard InChI is InChI=1S/C40H27N3O/c1-40(2)32-17-9-8-15-28(32)31-23-26(20-22-33(31)40)38-41-37(25-12-4-3-5-13-25)42-39(43-38)30-16-10-18-34-35(30)29-21-19-24-11-6-7-14-27(24)36(29)44-34/h3-23H,1-2H3. The van der Waals surface area contributed by atoms with Gasteiger partial charge in [0.05, 0.1) is 0 Å². The number of hydrogen-bond acceptors (Lipinski definition) is 4. The van der Waals surface area contributed by atoms with E-state index in [1.807, 2.05) is 42.5 Å². The second-order valence-electron chi connectivity index (χ2n) is 12.0. The van der Waals surface area contributed by atoms with Gasteiger partial charge < -0.3 is 4.42 Å². The van der Waals surface area contributed by atoms with Crippen LogP contribution in [0.4, 0.5) is 0 Å². The Balaban J connectivity index is 1.29. The van der Waals surface area contributed by atoms with Crippen LogP contribution in [0.1, 0.15) is 25.0 Å². The lowest BCUT2D eigenvalue weighted by Crippen LogP contribution is -2.14. The van der Waals surface area contributed by atoms with Crippen LogP contribution in [0.25, 0.3) is 78.0 Å². The molecular formula is C40H27N3O. The van der Waals surface area contributed by atoms with E-state index >= 15 is 0 Å². The highest BCUT2D eigenvalue weighted by atomic mass is 16.3. The maximum Gasteiger partial charge on any atom is 0.164 e. The highest BCUT2D eigenvalue weighted by Gasteiger charge is 2.35. The Morgan fingerprint density at radius 2 is 1.20 bits per heavy atom. The summed E-state index contributed by atoms with van der Waals surface area (Å²) in [6.07, 6.45) is 0. The van der Waals surface area contributed by atoms with Gasteiger partial charge in [0.25, 0.3) is 0 Å². The molecule has 0 unspecified atom stereocenters. The lowest BCUT2D eigenvalue weighted by molar-refractivity contribution is 0.660. The van der Waals surface area contributed by atoms with E-state index < -0.39 is 0 Å². The average Bonchev–Trinajstić information content (AvgIpc) is 3.58. The summed E-state index contributed by atoms with van der Waals surface area (Å²) in [6.45, 7) is 4.59. The summed E-state index contributed by atoms with van der Waals surface area (Å²) in [7, 11) is 0. The zero-order valence-electron chi connectivity index (χ0n) is 24.4. The Morgan fingerprint density at radius 3 is 2.09 bits per heavy atom. The molecule has 0 aliphatic heterocycles. The van der Waals surface area contributed by atoms with E-state index in [1.54, 1.807) is 0 Å². The summed E-state index contributed by atoms with van der Waals surface area (Å²) in [5.41, 5.74) is 9.64. The van der Waals surface area contributed by atoms with Gasteiger partial charge in [0.15, 0.2) is 17.5 Å². The number of aromatic nitrogens is 3. The van der Waals surface area contributed by atoms with Gasteiger partial charge in [0, 0.05) is 38.3 Å². The molecule has 4 heteroatoms. The van der Waals surface area contributed by atoms with Gasteiger partial charge in [-0.2, -0.15) is 0 Å². The Morgan fingerprint density at radius 1 is 0.500 bits per heavy atom. The molecule has 0 atom stereocenters. The molecule has 0 radical (unpaired) electrons. The number of nitrogens with zero attached hydrogens (tertiary/aromatic N) is 3. The van der Waals surface area contributed by atoms with Crippen molar-refractivity contribution in [1.82, 2.24) is 15.0 Å². The molecule has 0 saturated carbocycles. The van der Waals surface area contributed by atoms with Crippen molar-refractivity contribution in [3.8, 4) is 45.3 Å². The summed E-state index contributed by atoms with van der Waals surface area (Å²) in [6, 6.07) is 44.2. The van der Waals surface area contributed by atoms with Crippen LogP contribution in [-0.2, 0) is 5.41 Å². The quantitative estimate of drug-likeness (QED) is 0.214. The fraction of sp³-hybridized carbons (Fsp3) is 0.0750. The minimum atomic E-state index is -0.0634. The number of benzene rings is 6. The predicted molar refractivity (Wildman–Crippen MR) is 178 cm³/mol. The van der Waals surface area contributed by atoms with Crippen LogP contribution in [0.15, 0.2) is 132 Å². The summed E-state index contributed by atoms with van der Waals surface area (Å²) in [5.74, 6) is 1.91. The third kappa shape index (κ3) is 3.61. The van der Waals surface area contributed by atoms with Crippen molar-refractivity contribution >= 4 is 32.7 Å². The van der Waals surface area contributed by atoms with Crippen LogP contribution in [0.2, 0.25) is 0 Å². The molecule has 8 aromatic rings. The summed E-state index contributed by atoms with van der Waals surface area (Å²) >= 11 is 0. The van der Waals surface area contributed by atoms with Gasteiger partial charge in [-0.3, -0.25) is 0 Å². The number of rotatable bonds is 3. The van der Waals surface area contributed by atoms with Crippen LogP contribution in [0.5, 0.6) is 0 Å². The molecule has 2 aromatic heterocycles. The molecule has 0 spiro atoms. The summed E-state index contributed by atoms with van der Waals surface area (Å²) in [4.78, 5) is 15.3. The molecule has 9 rings (SSSR count). The van der Waals surface area contributed by atoms with Crippen LogP contribution in [0.3, 0.4) is 0 Å². The molecular weight excluding hydrogens is 538 g/mol. The Labute approximate surface area is 254 Å². The molecule has 0 saturated heterocycles. The molecule has 0 N–H and O–H groups in total. The van der Waals surface area contributed by atoms with E-state index in [0.717, 1.165) is 49.4 Å². The van der Waals surface area contributed by atoms with Crippen LogP contribution >= 0.6 is 0 Å². The molecule has 0 fully saturated rings. The molecule has 4 nitrogen and oxygen atoms in total. The van der Waals surface area contributed by atoms with Crippen LogP contribution in [0, 0.1) is 0 Å². The van der Waals surface area contributed by atoms with Gasteiger partial charge in [-0.25, -0.2) is 15.0 Å². The molecule has 0 amide bonds. The highest BCUT2D eigenvalue weighted by molar-refractivity contribution is 6.18. The zero-order chi connectivity index (χ0) is 29.4. The van der Waals surface area contributed by atoms with Crippen molar-refractivity contribution in [1.29, 1.82) is 0 Å². The van der Waals surface area contributed by atoms with E-state index in [0.29, 0.717) is 17.5 Å². The molecule has 0 bridgehead atoms. The van der Waals surface area contributed by atoms with Crippen molar-refractivity contribution in [2.75, 3.05) is 0 Å². The average molecular weight is 566 g/mol. The van der Waals surface area contributed by atoms with E-state index in [-0.39, 0.29) is 5.41 Å². The second kappa shape index (κ2) is 9.19. The third-order valence-corrected chi connectivity index (χ3v) is 9.14. The molecule has 208 valence electrons. The summed E-state index contributed by atoms with van der Waals surface area (Å²) in [5, 5.41) is 4.30. The fourth-order valence-corrected chi connectivity index (χ4v) is 6.94. The van der Waals surface area contributed by atoms with Gasteiger partial charge in [0.2, 0.25) is 0 Å². The molecule has 1 aliphatic carbocycles. The van der Waals surface area contributed by atoms with Crippen molar-refractivity contribution in [2.24, 2.45) is 0 Å². The summed E-state index contributed by atoms with van der Waals surface area (Å²) < 4.78 is 6.49.